The first-order chi connectivity index (χ1) is 13.0. The van der Waals surface area contributed by atoms with Crippen LogP contribution in [-0.4, -0.2) is 73.5 Å². The van der Waals surface area contributed by atoms with Crippen LogP contribution >= 0.6 is 0 Å². The average molecular weight is 403 g/mol. The van der Waals surface area contributed by atoms with Gasteiger partial charge in [-0.1, -0.05) is 0 Å². The molecule has 0 aliphatic heterocycles. The lowest BCUT2D eigenvalue weighted by Crippen LogP contribution is -2.71. The van der Waals surface area contributed by atoms with Crippen LogP contribution in [0.5, 0.6) is 0 Å². The Kier molecular flexibility index (Phi) is 8.35. The molecule has 0 aromatic heterocycles. The third-order valence-electron chi connectivity index (χ3n) is 3.85. The van der Waals surface area contributed by atoms with E-state index in [-0.39, 0.29) is 0 Å². The van der Waals surface area contributed by atoms with Crippen LogP contribution in [0.3, 0.4) is 0 Å². The Morgan fingerprint density at radius 2 is 0.893 bits per heavy atom. The van der Waals surface area contributed by atoms with Crippen LogP contribution in [0.2, 0.25) is 0 Å². The minimum absolute atomic E-state index is 0.543. The van der Waals surface area contributed by atoms with Crippen molar-refractivity contribution in [3.8, 4) is 0 Å². The van der Waals surface area contributed by atoms with Gasteiger partial charge in [-0.15, -0.1) is 0 Å². The van der Waals surface area contributed by atoms with E-state index in [1.54, 1.807) is 0 Å². The molecular formula is C17H25NO10. The Morgan fingerprint density at radius 3 is 1.14 bits per heavy atom. The number of rotatable bonds is 6. The summed E-state index contributed by atoms with van der Waals surface area (Å²) in [5, 5.41) is 2.51. The molecule has 1 amide bonds. The van der Waals surface area contributed by atoms with Gasteiger partial charge in [0.2, 0.25) is 5.91 Å². The molecule has 1 N–H and O–H groups in total. The van der Waals surface area contributed by atoms with Gasteiger partial charge in [0.05, 0.1) is 0 Å². The molecule has 2 unspecified atom stereocenters. The molecule has 158 valence electrons. The minimum Gasteiger partial charge on any atom is -0.456 e. The highest BCUT2D eigenvalue weighted by molar-refractivity contribution is 5.74. The molecule has 0 spiro atoms. The highest BCUT2D eigenvalue weighted by atomic mass is 16.6. The molecule has 1 aliphatic carbocycles. The summed E-state index contributed by atoms with van der Waals surface area (Å²) < 4.78 is 26.4. The Hall–Kier alpha value is -2.69. The average Bonchev–Trinajstić information content (AvgIpc) is 2.52. The molecule has 6 atom stereocenters. The molecule has 1 rings (SSSR count). The second-order valence-corrected chi connectivity index (χ2v) is 6.22. The van der Waals surface area contributed by atoms with E-state index in [1.807, 2.05) is 0 Å². The summed E-state index contributed by atoms with van der Waals surface area (Å²) >= 11 is 0. The van der Waals surface area contributed by atoms with Crippen LogP contribution in [0.4, 0.5) is 0 Å². The summed E-state index contributed by atoms with van der Waals surface area (Å²) in [4.78, 5) is 58.3. The Morgan fingerprint density at radius 1 is 0.571 bits per heavy atom. The number of amides is 1. The van der Waals surface area contributed by atoms with E-state index in [0.717, 1.165) is 27.7 Å². The molecular weight excluding hydrogens is 378 g/mol. The molecule has 1 saturated carbocycles. The van der Waals surface area contributed by atoms with Gasteiger partial charge in [-0.25, -0.2) is 0 Å². The number of hydrogen-bond acceptors (Lipinski definition) is 10. The van der Waals surface area contributed by atoms with Gasteiger partial charge < -0.3 is 29.0 Å². The largest absolute Gasteiger partial charge is 0.456 e. The normalized spacial score (nSPS) is 29.2. The maximum atomic E-state index is 11.7. The Labute approximate surface area is 161 Å². The van der Waals surface area contributed by atoms with Gasteiger partial charge in [0.15, 0.2) is 24.4 Å². The first kappa shape index (κ1) is 23.3. The van der Waals surface area contributed by atoms with Crippen molar-refractivity contribution in [2.24, 2.45) is 0 Å². The molecule has 0 radical (unpaired) electrons. The highest BCUT2D eigenvalue weighted by Gasteiger charge is 2.58. The van der Waals surface area contributed by atoms with Crippen LogP contribution in [-0.2, 0) is 47.7 Å². The standard InChI is InChI=1S/C17H25NO10/c1-7(19)18-12-13(25-8(2)20)16(27-10(4)22)15(24-6)17(28-11(5)23)14(12)26-9(3)21/h12-17H,1-6H3,(H,18,19)/t12?,13-,14+,15?,16+,17-. The van der Waals surface area contributed by atoms with Crippen LogP contribution in [0, 0.1) is 0 Å². The number of carbonyl (C=O) groups excluding carboxylic acids is 5. The van der Waals surface area contributed by atoms with Gasteiger partial charge in [0.1, 0.15) is 12.1 Å². The van der Waals surface area contributed by atoms with Crippen molar-refractivity contribution in [2.45, 2.75) is 71.2 Å². The second-order valence-electron chi connectivity index (χ2n) is 6.22. The highest BCUT2D eigenvalue weighted by Crippen LogP contribution is 2.32. The zero-order valence-electron chi connectivity index (χ0n) is 16.5. The number of esters is 4. The first-order valence-corrected chi connectivity index (χ1v) is 8.46. The summed E-state index contributed by atoms with van der Waals surface area (Å²) in [6, 6.07) is -1.18. The van der Waals surface area contributed by atoms with E-state index < -0.39 is 66.3 Å². The number of carbonyl (C=O) groups is 5. The van der Waals surface area contributed by atoms with Gasteiger partial charge in [-0.2, -0.15) is 0 Å². The third kappa shape index (κ3) is 6.19. The van der Waals surface area contributed by atoms with Gasteiger partial charge in [-0.05, 0) is 0 Å². The van der Waals surface area contributed by atoms with Gasteiger partial charge in [0, 0.05) is 41.7 Å². The summed E-state index contributed by atoms with van der Waals surface area (Å²) in [7, 11) is 1.26. The molecule has 11 nitrogen and oxygen atoms in total. The van der Waals surface area contributed by atoms with Crippen LogP contribution in [0.25, 0.3) is 0 Å². The molecule has 11 heteroatoms. The van der Waals surface area contributed by atoms with E-state index in [4.69, 9.17) is 23.7 Å². The lowest BCUT2D eigenvalue weighted by atomic mass is 9.82. The van der Waals surface area contributed by atoms with Crippen molar-refractivity contribution in [3.05, 3.63) is 0 Å². The van der Waals surface area contributed by atoms with Crippen molar-refractivity contribution >= 4 is 29.8 Å². The molecule has 0 saturated heterocycles. The number of hydrogen-bond donors (Lipinski definition) is 1. The molecule has 1 fully saturated rings. The molecule has 28 heavy (non-hydrogen) atoms. The number of ether oxygens (including phenoxy) is 5. The van der Waals surface area contributed by atoms with Gasteiger partial charge in [-0.3, -0.25) is 24.0 Å². The third-order valence-corrected chi connectivity index (χ3v) is 3.85. The van der Waals surface area contributed by atoms with Gasteiger partial charge >= 0.3 is 23.9 Å². The predicted molar refractivity (Wildman–Crippen MR) is 90.6 cm³/mol. The molecule has 1 aliphatic rings. The number of nitrogens with one attached hydrogen (secondary N) is 1. The van der Waals surface area contributed by atoms with Crippen LogP contribution in [0.15, 0.2) is 0 Å². The van der Waals surface area contributed by atoms with Gasteiger partial charge in [0.25, 0.3) is 0 Å². The molecule has 0 aromatic rings. The fourth-order valence-corrected chi connectivity index (χ4v) is 3.14. The molecule has 0 heterocycles. The molecule has 0 bridgehead atoms. The minimum atomic E-state index is -1.27. The fraction of sp³-hybridized carbons (Fsp3) is 0.706. The predicted octanol–water partition coefficient (Wildman–Crippen LogP) is -0.753. The SMILES string of the molecule is COC1[C@@H](OC(C)=O)[C@H](OC(C)=O)C(NC(C)=O)[C@H](OC(C)=O)[C@H]1OC(C)=O. The van der Waals surface area contributed by atoms with Crippen molar-refractivity contribution in [3.63, 3.8) is 0 Å². The second kappa shape index (κ2) is 10.0. The van der Waals surface area contributed by atoms with Crippen LogP contribution < -0.4 is 5.32 Å². The van der Waals surface area contributed by atoms with Crippen LogP contribution in [0.1, 0.15) is 34.6 Å². The zero-order valence-corrected chi connectivity index (χ0v) is 16.5. The Balaban J connectivity index is 3.54. The molecule has 0 aromatic carbocycles. The van der Waals surface area contributed by atoms with Crippen molar-refractivity contribution < 1.29 is 47.7 Å². The zero-order chi connectivity index (χ0) is 21.6. The first-order valence-electron chi connectivity index (χ1n) is 8.46. The van der Waals surface area contributed by atoms with Crippen molar-refractivity contribution in [1.29, 1.82) is 0 Å². The van der Waals surface area contributed by atoms with E-state index in [0.29, 0.717) is 0 Å². The quantitative estimate of drug-likeness (QED) is 0.444. The monoisotopic (exact) mass is 403 g/mol. The van der Waals surface area contributed by atoms with E-state index in [9.17, 15) is 24.0 Å². The van der Waals surface area contributed by atoms with E-state index in [2.05, 4.69) is 5.32 Å². The maximum Gasteiger partial charge on any atom is 0.303 e. The van der Waals surface area contributed by atoms with Crippen molar-refractivity contribution in [1.82, 2.24) is 5.32 Å². The Bertz CT molecular complexity index is 589. The lowest BCUT2D eigenvalue weighted by molar-refractivity contribution is -0.235. The fourth-order valence-electron chi connectivity index (χ4n) is 3.14. The topological polar surface area (TPSA) is 144 Å². The smallest absolute Gasteiger partial charge is 0.303 e. The maximum absolute atomic E-state index is 11.7. The number of methoxy groups -OCH3 is 1. The lowest BCUT2D eigenvalue weighted by Gasteiger charge is -2.47. The summed E-state index contributed by atoms with van der Waals surface area (Å²) in [6.45, 7) is 5.69. The van der Waals surface area contributed by atoms with E-state index in [1.165, 1.54) is 14.0 Å². The summed E-state index contributed by atoms with van der Waals surface area (Å²) in [5.41, 5.74) is 0. The summed E-state index contributed by atoms with van der Waals surface area (Å²) in [6.07, 6.45) is -6.19. The van der Waals surface area contributed by atoms with E-state index >= 15 is 0 Å². The van der Waals surface area contributed by atoms with Crippen molar-refractivity contribution in [2.75, 3.05) is 7.11 Å². The summed E-state index contributed by atoms with van der Waals surface area (Å²) in [5.74, 6) is -3.46.